The second-order valence-electron chi connectivity index (χ2n) is 7.11. The fraction of sp³-hybridized carbons (Fsp3) is 0.227. The highest BCUT2D eigenvalue weighted by Gasteiger charge is 2.50. The highest BCUT2D eigenvalue weighted by molar-refractivity contribution is 6.31. The van der Waals surface area contributed by atoms with Crippen LogP contribution in [0.1, 0.15) is 28.8 Å². The molecule has 5 nitrogen and oxygen atoms in total. The van der Waals surface area contributed by atoms with Gasteiger partial charge in [0.25, 0.3) is 17.7 Å². The van der Waals surface area contributed by atoms with Crippen LogP contribution in [-0.4, -0.2) is 27.7 Å². The molecule has 0 unspecified atom stereocenters. The van der Waals surface area contributed by atoms with Gasteiger partial charge >= 0.3 is 0 Å². The number of benzene rings is 2. The van der Waals surface area contributed by atoms with Crippen molar-refractivity contribution in [3.8, 4) is 0 Å². The van der Waals surface area contributed by atoms with E-state index in [2.05, 4.69) is 0 Å². The molecule has 3 amide bonds. The smallest absolute Gasteiger partial charge is 0.272 e. The Labute approximate surface area is 178 Å². The van der Waals surface area contributed by atoms with Crippen molar-refractivity contribution in [3.05, 3.63) is 81.9 Å². The van der Waals surface area contributed by atoms with Crippen molar-refractivity contribution in [3.63, 3.8) is 0 Å². The Kier molecular flexibility index (Phi) is 5.43. The molecule has 2 aliphatic rings. The van der Waals surface area contributed by atoms with Crippen LogP contribution in [0.3, 0.4) is 0 Å². The van der Waals surface area contributed by atoms with Gasteiger partial charge in [-0.15, -0.1) is 0 Å². The number of hydrazine groups is 1. The van der Waals surface area contributed by atoms with E-state index in [0.29, 0.717) is 34.0 Å². The lowest BCUT2D eigenvalue weighted by molar-refractivity contribution is -0.155. The van der Waals surface area contributed by atoms with Gasteiger partial charge in [0.1, 0.15) is 0 Å². The number of imide groups is 1. The second kappa shape index (κ2) is 8.01. The van der Waals surface area contributed by atoms with Crippen molar-refractivity contribution in [2.45, 2.75) is 19.4 Å². The highest BCUT2D eigenvalue weighted by Crippen LogP contribution is 2.37. The van der Waals surface area contributed by atoms with Crippen molar-refractivity contribution in [1.29, 1.82) is 0 Å². The molecule has 0 aromatic heterocycles. The molecule has 1 fully saturated rings. The third kappa shape index (κ3) is 3.68. The number of carbonyl (C=O) groups is 3. The van der Waals surface area contributed by atoms with Gasteiger partial charge in [-0.1, -0.05) is 53.6 Å². The van der Waals surface area contributed by atoms with Crippen LogP contribution >= 0.6 is 23.2 Å². The van der Waals surface area contributed by atoms with Crippen LogP contribution in [0.4, 0.5) is 0 Å². The highest BCUT2D eigenvalue weighted by atomic mass is 35.5. The molecule has 0 spiro atoms. The van der Waals surface area contributed by atoms with Gasteiger partial charge < -0.3 is 0 Å². The number of halogens is 2. The van der Waals surface area contributed by atoms with Crippen LogP contribution < -0.4 is 0 Å². The standard InChI is InChI=1S/C22H18Cl2N2O3/c23-16-11-9-14(10-12-16)20(27)25(13-15-5-1-4-8-19(15)24)26-21(28)17-6-2-3-7-18(17)22(26)29/h1-5,8-12,17-18H,6-7,13H2/t17-,18+. The molecule has 148 valence electrons. The van der Waals surface area contributed by atoms with Crippen LogP contribution in [0.5, 0.6) is 0 Å². The summed E-state index contributed by atoms with van der Waals surface area (Å²) in [7, 11) is 0. The first-order valence-corrected chi connectivity index (χ1v) is 10.1. The van der Waals surface area contributed by atoms with Crippen LogP contribution in [0, 0.1) is 11.8 Å². The molecule has 0 bridgehead atoms. The average Bonchev–Trinajstić information content (AvgIpc) is 2.98. The zero-order chi connectivity index (χ0) is 20.5. The number of fused-ring (bicyclic) bond motifs is 1. The Balaban J connectivity index is 1.73. The fourth-order valence-electron chi connectivity index (χ4n) is 3.78. The average molecular weight is 429 g/mol. The molecule has 0 saturated carbocycles. The maximum Gasteiger partial charge on any atom is 0.273 e. The van der Waals surface area contributed by atoms with Gasteiger partial charge in [0.15, 0.2) is 0 Å². The van der Waals surface area contributed by atoms with Crippen molar-refractivity contribution >= 4 is 40.9 Å². The molecule has 2 aromatic rings. The summed E-state index contributed by atoms with van der Waals surface area (Å²) in [6, 6.07) is 13.4. The summed E-state index contributed by atoms with van der Waals surface area (Å²) in [5.41, 5.74) is 0.972. The molecule has 29 heavy (non-hydrogen) atoms. The topological polar surface area (TPSA) is 57.7 Å². The number of hydrogen-bond acceptors (Lipinski definition) is 3. The third-order valence-corrected chi connectivity index (χ3v) is 5.95. The molecule has 2 aromatic carbocycles. The normalized spacial score (nSPS) is 20.7. The molecule has 4 rings (SSSR count). The quantitative estimate of drug-likeness (QED) is 0.531. The lowest BCUT2D eigenvalue weighted by Crippen LogP contribution is -2.49. The van der Waals surface area contributed by atoms with Crippen LogP contribution in [0.2, 0.25) is 10.0 Å². The molecule has 1 aliphatic heterocycles. The lowest BCUT2D eigenvalue weighted by atomic mass is 9.85. The Morgan fingerprint density at radius 1 is 0.931 bits per heavy atom. The van der Waals surface area contributed by atoms with Crippen molar-refractivity contribution < 1.29 is 14.4 Å². The van der Waals surface area contributed by atoms with Gasteiger partial charge in [0.05, 0.1) is 18.4 Å². The lowest BCUT2D eigenvalue weighted by Gasteiger charge is -2.31. The summed E-state index contributed by atoms with van der Waals surface area (Å²) < 4.78 is 0. The minimum atomic E-state index is -0.463. The van der Waals surface area contributed by atoms with Gasteiger partial charge in [-0.25, -0.2) is 5.01 Å². The summed E-state index contributed by atoms with van der Waals surface area (Å²) in [5, 5.41) is 3.17. The van der Waals surface area contributed by atoms with E-state index in [1.807, 2.05) is 12.2 Å². The van der Waals surface area contributed by atoms with E-state index < -0.39 is 17.7 Å². The minimum absolute atomic E-state index is 0.00544. The predicted molar refractivity (Wildman–Crippen MR) is 110 cm³/mol. The first kappa shape index (κ1) is 19.7. The molecule has 0 N–H and O–H groups in total. The van der Waals surface area contributed by atoms with E-state index in [9.17, 15) is 14.4 Å². The summed E-state index contributed by atoms with van der Waals surface area (Å²) in [4.78, 5) is 39.5. The Hall–Kier alpha value is -2.63. The molecule has 1 heterocycles. The van der Waals surface area contributed by atoms with E-state index in [1.54, 1.807) is 48.5 Å². The van der Waals surface area contributed by atoms with Crippen molar-refractivity contribution in [2.75, 3.05) is 0 Å². The SMILES string of the molecule is O=C(c1ccc(Cl)cc1)N(Cc1ccccc1Cl)N1C(=O)[C@H]2CC=CC[C@H]2C1=O. The monoisotopic (exact) mass is 428 g/mol. The number of rotatable bonds is 4. The van der Waals surface area contributed by atoms with Gasteiger partial charge in [-0.3, -0.25) is 14.4 Å². The molecule has 1 saturated heterocycles. The number of amides is 3. The largest absolute Gasteiger partial charge is 0.273 e. The number of allylic oxidation sites excluding steroid dienone is 2. The first-order chi connectivity index (χ1) is 14.0. The summed E-state index contributed by atoms with van der Waals surface area (Å²) in [6.45, 7) is 0.00544. The van der Waals surface area contributed by atoms with Crippen LogP contribution in [0.15, 0.2) is 60.7 Å². The van der Waals surface area contributed by atoms with E-state index in [-0.39, 0.29) is 18.4 Å². The van der Waals surface area contributed by atoms with Gasteiger partial charge in [0.2, 0.25) is 0 Å². The van der Waals surface area contributed by atoms with Gasteiger partial charge in [-0.2, -0.15) is 5.01 Å². The maximum absolute atomic E-state index is 13.3. The Bertz CT molecular complexity index is 977. The minimum Gasteiger partial charge on any atom is -0.272 e. The Morgan fingerprint density at radius 3 is 2.10 bits per heavy atom. The van der Waals surface area contributed by atoms with Gasteiger partial charge in [0, 0.05) is 15.6 Å². The molecule has 1 aliphatic carbocycles. The van der Waals surface area contributed by atoms with E-state index >= 15 is 0 Å². The van der Waals surface area contributed by atoms with Crippen molar-refractivity contribution in [2.24, 2.45) is 11.8 Å². The number of nitrogens with zero attached hydrogens (tertiary/aromatic N) is 2. The molecular formula is C22H18Cl2N2O3. The number of hydrogen-bond donors (Lipinski definition) is 0. The van der Waals surface area contributed by atoms with E-state index in [0.717, 1.165) is 5.01 Å². The first-order valence-electron chi connectivity index (χ1n) is 9.31. The maximum atomic E-state index is 13.3. The second-order valence-corrected chi connectivity index (χ2v) is 7.95. The zero-order valence-electron chi connectivity index (χ0n) is 15.4. The van der Waals surface area contributed by atoms with Crippen LogP contribution in [-0.2, 0) is 16.1 Å². The molecule has 2 atom stereocenters. The van der Waals surface area contributed by atoms with Crippen molar-refractivity contribution in [1.82, 2.24) is 10.0 Å². The zero-order valence-corrected chi connectivity index (χ0v) is 16.9. The van der Waals surface area contributed by atoms with E-state index in [4.69, 9.17) is 23.2 Å². The van der Waals surface area contributed by atoms with Gasteiger partial charge in [-0.05, 0) is 48.7 Å². The molecule has 7 heteroatoms. The third-order valence-electron chi connectivity index (χ3n) is 5.33. The molecule has 0 radical (unpaired) electrons. The van der Waals surface area contributed by atoms with E-state index in [1.165, 1.54) is 5.01 Å². The fourth-order valence-corrected chi connectivity index (χ4v) is 4.11. The summed E-state index contributed by atoms with van der Waals surface area (Å²) in [5.74, 6) is -2.02. The Morgan fingerprint density at radius 2 is 1.52 bits per heavy atom. The number of carbonyl (C=O) groups excluding carboxylic acids is 3. The predicted octanol–water partition coefficient (Wildman–Crippen LogP) is 4.50. The van der Waals surface area contributed by atoms with Crippen LogP contribution in [0.25, 0.3) is 0 Å². The summed E-state index contributed by atoms with van der Waals surface area (Å²) in [6.07, 6.45) is 4.83. The molecular weight excluding hydrogens is 411 g/mol. The summed E-state index contributed by atoms with van der Waals surface area (Å²) >= 11 is 12.2.